The predicted octanol–water partition coefficient (Wildman–Crippen LogP) is 8.41. The average molecular weight is 722 g/mol. The summed E-state index contributed by atoms with van der Waals surface area (Å²) in [4.78, 5) is 47.3. The van der Waals surface area contributed by atoms with Gasteiger partial charge in [0.2, 0.25) is 5.78 Å². The third-order valence-electron chi connectivity index (χ3n) is 8.37. The van der Waals surface area contributed by atoms with Crippen molar-refractivity contribution in [2.45, 2.75) is 52.6 Å². The number of hydrogen-bond acceptors (Lipinski definition) is 7. The number of carboxylic acid groups (broad SMARTS) is 2. The normalized spacial score (nSPS) is 10.7. The molecule has 278 valence electrons. The predicted molar refractivity (Wildman–Crippen MR) is 205 cm³/mol. The SMILES string of the molecule is CCCCN(CCCC)CCCOc1ccc(C(=O)c2c(-c3ccccc3)cc3cc(NC(=O)OCc4ccccc4)ccn23)cc1.O=C(O)C(=O)O. The second-order valence-corrected chi connectivity index (χ2v) is 12.4. The van der Waals surface area contributed by atoms with Crippen LogP contribution in [-0.2, 0) is 20.9 Å². The molecule has 5 aromatic rings. The van der Waals surface area contributed by atoms with E-state index in [4.69, 9.17) is 29.3 Å². The minimum atomic E-state index is -1.82. The van der Waals surface area contributed by atoms with Gasteiger partial charge in [0.15, 0.2) is 0 Å². The summed E-state index contributed by atoms with van der Waals surface area (Å²) in [6.07, 6.45) is 7.10. The number of benzene rings is 3. The molecule has 11 nitrogen and oxygen atoms in total. The number of amides is 1. The number of aliphatic carboxylic acids is 2. The van der Waals surface area contributed by atoms with E-state index in [1.807, 2.05) is 108 Å². The lowest BCUT2D eigenvalue weighted by Gasteiger charge is -2.21. The van der Waals surface area contributed by atoms with E-state index in [9.17, 15) is 9.59 Å². The maximum absolute atomic E-state index is 14.1. The maximum atomic E-state index is 14.1. The summed E-state index contributed by atoms with van der Waals surface area (Å²) in [6.45, 7) is 8.61. The Morgan fingerprint density at radius 1 is 0.736 bits per heavy atom. The molecule has 0 fully saturated rings. The number of ketones is 1. The Bertz CT molecular complexity index is 1910. The zero-order valence-corrected chi connectivity index (χ0v) is 30.2. The lowest BCUT2D eigenvalue weighted by atomic mass is 10.0. The van der Waals surface area contributed by atoms with Gasteiger partial charge in [-0.3, -0.25) is 10.1 Å². The molecule has 0 aliphatic carbocycles. The first-order valence-electron chi connectivity index (χ1n) is 17.8. The number of ether oxygens (including phenoxy) is 2. The largest absolute Gasteiger partial charge is 0.494 e. The Hall–Kier alpha value is -5.94. The summed E-state index contributed by atoms with van der Waals surface area (Å²) >= 11 is 0. The van der Waals surface area contributed by atoms with E-state index >= 15 is 0 Å². The monoisotopic (exact) mass is 721 g/mol. The first-order valence-corrected chi connectivity index (χ1v) is 17.8. The van der Waals surface area contributed by atoms with Gasteiger partial charge < -0.3 is 29.0 Å². The van der Waals surface area contributed by atoms with Crippen molar-refractivity contribution >= 4 is 35.0 Å². The molecule has 0 saturated carbocycles. The van der Waals surface area contributed by atoms with E-state index in [0.29, 0.717) is 23.6 Å². The number of pyridine rings is 1. The van der Waals surface area contributed by atoms with Crippen molar-refractivity contribution < 1.29 is 38.9 Å². The van der Waals surface area contributed by atoms with Crippen LogP contribution in [0.5, 0.6) is 5.75 Å². The van der Waals surface area contributed by atoms with Crippen LogP contribution in [0.1, 0.15) is 67.6 Å². The molecule has 5 rings (SSSR count). The molecule has 0 bridgehead atoms. The molecule has 0 aliphatic rings. The average Bonchev–Trinajstić information content (AvgIpc) is 3.56. The lowest BCUT2D eigenvalue weighted by molar-refractivity contribution is -0.159. The fourth-order valence-electron chi connectivity index (χ4n) is 5.62. The molecule has 3 N–H and O–H groups in total. The minimum Gasteiger partial charge on any atom is -0.494 e. The van der Waals surface area contributed by atoms with Gasteiger partial charge in [0.05, 0.1) is 6.61 Å². The van der Waals surface area contributed by atoms with Gasteiger partial charge in [-0.25, -0.2) is 14.4 Å². The Morgan fingerprint density at radius 2 is 1.34 bits per heavy atom. The second kappa shape index (κ2) is 20.8. The number of carbonyl (C=O) groups excluding carboxylic acids is 2. The minimum absolute atomic E-state index is 0.0964. The van der Waals surface area contributed by atoms with Crippen LogP contribution in [0.2, 0.25) is 0 Å². The molecule has 0 spiro atoms. The molecule has 1 amide bonds. The van der Waals surface area contributed by atoms with Crippen LogP contribution in [-0.4, -0.2) is 69.6 Å². The third kappa shape index (κ3) is 12.4. The van der Waals surface area contributed by atoms with Crippen LogP contribution in [0.3, 0.4) is 0 Å². The van der Waals surface area contributed by atoms with Crippen molar-refractivity contribution in [3.8, 4) is 16.9 Å². The Balaban J connectivity index is 0.000000964. The Labute approximate surface area is 309 Å². The summed E-state index contributed by atoms with van der Waals surface area (Å²) < 4.78 is 13.3. The lowest BCUT2D eigenvalue weighted by Crippen LogP contribution is -2.28. The summed E-state index contributed by atoms with van der Waals surface area (Å²) in [7, 11) is 0. The molecule has 11 heteroatoms. The number of fused-ring (bicyclic) bond motifs is 1. The highest BCUT2D eigenvalue weighted by atomic mass is 16.5. The molecule has 2 aromatic heterocycles. The first-order chi connectivity index (χ1) is 25.7. The number of rotatable bonds is 17. The van der Waals surface area contributed by atoms with Gasteiger partial charge in [-0.2, -0.15) is 0 Å². The van der Waals surface area contributed by atoms with Gasteiger partial charge >= 0.3 is 18.0 Å². The standard InChI is InChI=1S/C40H45N3O4.C2H2O4/c1-3-5-23-42(24-6-4-2)25-13-27-46-36-20-18-33(19-21-36)39(44)38-37(32-16-11-8-12-17-32)29-35-28-34(22-26-43(35)38)41-40(45)47-30-31-14-9-7-10-15-31;3-1(4)2(5)6/h7-12,14-22,26,28-29H,3-6,13,23-25,27,30H2,1-2H3,(H,41,45);(H,3,4)(H,5,6). The van der Waals surface area contributed by atoms with Crippen molar-refractivity contribution in [1.82, 2.24) is 9.30 Å². The van der Waals surface area contributed by atoms with Gasteiger partial charge in [-0.05, 0) is 85.9 Å². The van der Waals surface area contributed by atoms with Crippen LogP contribution in [0.25, 0.3) is 16.6 Å². The molecule has 53 heavy (non-hydrogen) atoms. The summed E-state index contributed by atoms with van der Waals surface area (Å²) in [6, 6.07) is 32.4. The molecule has 0 saturated heterocycles. The summed E-state index contributed by atoms with van der Waals surface area (Å²) in [5.41, 5.74) is 5.14. The van der Waals surface area contributed by atoms with Crippen LogP contribution >= 0.6 is 0 Å². The van der Waals surface area contributed by atoms with E-state index in [1.165, 1.54) is 25.7 Å². The number of aromatic nitrogens is 1. The van der Waals surface area contributed by atoms with Crippen LogP contribution in [0.15, 0.2) is 109 Å². The van der Waals surface area contributed by atoms with Crippen molar-refractivity contribution in [3.63, 3.8) is 0 Å². The van der Waals surface area contributed by atoms with E-state index in [1.54, 1.807) is 6.07 Å². The number of anilines is 1. The number of carboxylic acids is 2. The highest BCUT2D eigenvalue weighted by Gasteiger charge is 2.21. The first kappa shape index (κ1) is 39.8. The number of hydrogen-bond donors (Lipinski definition) is 3. The molecule has 0 unspecified atom stereocenters. The molecule has 0 atom stereocenters. The number of nitrogens with one attached hydrogen (secondary N) is 1. The fourth-order valence-corrected chi connectivity index (χ4v) is 5.62. The highest BCUT2D eigenvalue weighted by molar-refractivity contribution is 6.27. The van der Waals surface area contributed by atoms with Crippen molar-refractivity contribution in [1.29, 1.82) is 0 Å². The molecule has 0 radical (unpaired) electrons. The molecular weight excluding hydrogens is 674 g/mol. The van der Waals surface area contributed by atoms with E-state index in [2.05, 4.69) is 24.1 Å². The van der Waals surface area contributed by atoms with Crippen molar-refractivity contribution in [2.75, 3.05) is 31.6 Å². The number of carbonyl (C=O) groups is 4. The van der Waals surface area contributed by atoms with E-state index in [-0.39, 0.29) is 12.4 Å². The van der Waals surface area contributed by atoms with Crippen LogP contribution in [0.4, 0.5) is 10.5 Å². The smallest absolute Gasteiger partial charge is 0.414 e. The van der Waals surface area contributed by atoms with Gasteiger partial charge in [0.1, 0.15) is 18.1 Å². The van der Waals surface area contributed by atoms with Crippen LogP contribution < -0.4 is 10.1 Å². The Morgan fingerprint density at radius 3 is 1.94 bits per heavy atom. The van der Waals surface area contributed by atoms with Gasteiger partial charge in [0.25, 0.3) is 0 Å². The summed E-state index contributed by atoms with van der Waals surface area (Å²) in [5, 5.41) is 17.6. The van der Waals surface area contributed by atoms with Crippen molar-refractivity contribution in [3.05, 3.63) is 126 Å². The molecule has 0 aliphatic heterocycles. The fraction of sp³-hybridized carbons (Fsp3) is 0.286. The van der Waals surface area contributed by atoms with Gasteiger partial charge in [0, 0.05) is 35.1 Å². The zero-order chi connectivity index (χ0) is 38.0. The van der Waals surface area contributed by atoms with Crippen LogP contribution in [0, 0.1) is 0 Å². The summed E-state index contributed by atoms with van der Waals surface area (Å²) in [5.74, 6) is -2.99. The quantitative estimate of drug-likeness (QED) is 0.0489. The maximum Gasteiger partial charge on any atom is 0.414 e. The second-order valence-electron chi connectivity index (χ2n) is 12.4. The van der Waals surface area contributed by atoms with Crippen molar-refractivity contribution in [2.24, 2.45) is 0 Å². The highest BCUT2D eigenvalue weighted by Crippen LogP contribution is 2.31. The number of nitrogens with zero attached hydrogens (tertiary/aromatic N) is 2. The molecule has 2 heterocycles. The van der Waals surface area contributed by atoms with Gasteiger partial charge in [-0.15, -0.1) is 0 Å². The Kier molecular flexibility index (Phi) is 15.6. The van der Waals surface area contributed by atoms with E-state index < -0.39 is 18.0 Å². The topological polar surface area (TPSA) is 147 Å². The molecule has 3 aromatic carbocycles. The molecular formula is C42H47N3O8. The number of unbranched alkanes of at least 4 members (excludes halogenated alkanes) is 2. The zero-order valence-electron chi connectivity index (χ0n) is 30.2. The van der Waals surface area contributed by atoms with E-state index in [0.717, 1.165) is 54.0 Å². The third-order valence-corrected chi connectivity index (χ3v) is 8.37. The van der Waals surface area contributed by atoms with Gasteiger partial charge in [-0.1, -0.05) is 87.4 Å².